The van der Waals surface area contributed by atoms with Gasteiger partial charge in [-0.05, 0) is 158 Å². The molecule has 8 aromatic carbocycles. The molecule has 0 bridgehead atoms. The maximum atomic E-state index is 7.24. The Kier molecular flexibility index (Phi) is 10.9. The number of benzene rings is 8. The normalized spacial score (nSPS) is 13.5. The fourth-order valence-corrected chi connectivity index (χ4v) is 12.1. The van der Waals surface area contributed by atoms with Crippen molar-refractivity contribution in [1.82, 2.24) is 0 Å². The van der Waals surface area contributed by atoms with E-state index in [0.29, 0.717) is 0 Å². The van der Waals surface area contributed by atoms with Crippen molar-refractivity contribution in [3.8, 4) is 22.6 Å². The summed E-state index contributed by atoms with van der Waals surface area (Å²) in [6.45, 7) is 32.1. The van der Waals surface area contributed by atoms with Crippen LogP contribution < -0.4 is 30.9 Å². The second-order valence-electron chi connectivity index (χ2n) is 24.5. The number of ether oxygens (including phenoxy) is 1. The average Bonchev–Trinajstić information content (AvgIpc) is 3.70. The molecule has 356 valence electrons. The summed E-state index contributed by atoms with van der Waals surface area (Å²) in [5.41, 5.74) is 20.6. The molecule has 0 radical (unpaired) electrons. The third kappa shape index (κ3) is 8.15. The first-order valence-corrected chi connectivity index (χ1v) is 26.3. The number of rotatable bonds is 5. The molecule has 3 nitrogen and oxygen atoms in total. The molecule has 0 saturated heterocycles. The second-order valence-corrected chi connectivity index (χ2v) is 25.6. The fraction of sp³-hybridized carbons (Fsp3) is 0.273. The van der Waals surface area contributed by atoms with Gasteiger partial charge in [-0.2, -0.15) is 0 Å². The van der Waals surface area contributed by atoms with Gasteiger partial charge in [-0.3, -0.25) is 0 Å². The zero-order valence-electron chi connectivity index (χ0n) is 44.2. The van der Waals surface area contributed by atoms with Crippen LogP contribution in [0.15, 0.2) is 152 Å². The lowest BCUT2D eigenvalue weighted by Crippen LogP contribution is -2.60. The minimum absolute atomic E-state index is 0.0179. The maximum Gasteiger partial charge on any atom is 0.256 e. The van der Waals surface area contributed by atoms with Gasteiger partial charge in [-0.15, -0.1) is 11.3 Å². The Morgan fingerprint density at radius 1 is 0.493 bits per heavy atom. The standard InChI is InChI=1S/C66H67BN2OS/c1-40-19-20-41(2)51(33-40)42-34-56-62-58(35-42)70-57-32-26-46(66(12,13)14)37-53(57)67(62)52-36-45(65(9,10)11)25-31-54(52)69(56)49-38-55(61-50-17-15-16-18-59(50)71-60(61)39-49)68(47-27-21-43(22-28-47)63(3,4)5)48-29-23-44(24-30-48)64(6,7)8/h15-39H,1-14H3. The van der Waals surface area contributed by atoms with Gasteiger partial charge in [0.15, 0.2) is 0 Å². The van der Waals surface area contributed by atoms with Gasteiger partial charge in [0.2, 0.25) is 0 Å². The van der Waals surface area contributed by atoms with E-state index in [-0.39, 0.29) is 28.4 Å². The highest BCUT2D eigenvalue weighted by Crippen LogP contribution is 2.51. The Morgan fingerprint density at radius 2 is 1.07 bits per heavy atom. The highest BCUT2D eigenvalue weighted by Gasteiger charge is 2.43. The fourth-order valence-electron chi connectivity index (χ4n) is 10.9. The van der Waals surface area contributed by atoms with Gasteiger partial charge >= 0.3 is 0 Å². The monoisotopic (exact) mass is 947 g/mol. The number of thiophene rings is 1. The molecule has 11 rings (SSSR count). The van der Waals surface area contributed by atoms with Crippen LogP contribution in [0.2, 0.25) is 0 Å². The van der Waals surface area contributed by atoms with Crippen molar-refractivity contribution in [1.29, 1.82) is 0 Å². The predicted octanol–water partition coefficient (Wildman–Crippen LogP) is 17.4. The third-order valence-electron chi connectivity index (χ3n) is 15.1. The second kappa shape index (κ2) is 16.5. The summed E-state index contributed by atoms with van der Waals surface area (Å²) in [5.74, 6) is 1.85. The summed E-state index contributed by atoms with van der Waals surface area (Å²) < 4.78 is 9.76. The molecule has 0 fully saturated rings. The van der Waals surface area contributed by atoms with E-state index in [1.54, 1.807) is 0 Å². The van der Waals surface area contributed by atoms with Crippen LogP contribution >= 0.6 is 11.3 Å². The van der Waals surface area contributed by atoms with E-state index in [4.69, 9.17) is 4.74 Å². The highest BCUT2D eigenvalue weighted by atomic mass is 32.1. The first-order chi connectivity index (χ1) is 33.5. The molecule has 5 heteroatoms. The molecular formula is C66H67BN2OS. The summed E-state index contributed by atoms with van der Waals surface area (Å²) >= 11 is 1.88. The van der Waals surface area contributed by atoms with Gasteiger partial charge in [0.05, 0.1) is 5.69 Å². The summed E-state index contributed by atoms with van der Waals surface area (Å²) in [5, 5.41) is 2.52. The van der Waals surface area contributed by atoms with Gasteiger partial charge < -0.3 is 14.5 Å². The lowest BCUT2D eigenvalue weighted by molar-refractivity contribution is 0.486. The van der Waals surface area contributed by atoms with Gasteiger partial charge in [-0.25, -0.2) is 0 Å². The molecule has 0 saturated carbocycles. The summed E-state index contributed by atoms with van der Waals surface area (Å²) in [6.07, 6.45) is 0. The minimum atomic E-state index is -0.0640. The number of anilines is 6. The number of hydrogen-bond acceptors (Lipinski definition) is 4. The quantitative estimate of drug-likeness (QED) is 0.160. The minimum Gasteiger partial charge on any atom is -0.458 e. The Bertz CT molecular complexity index is 3510. The van der Waals surface area contributed by atoms with Crippen LogP contribution in [0.5, 0.6) is 11.5 Å². The van der Waals surface area contributed by atoms with Crippen molar-refractivity contribution in [2.75, 3.05) is 9.80 Å². The highest BCUT2D eigenvalue weighted by molar-refractivity contribution is 7.26. The smallest absolute Gasteiger partial charge is 0.256 e. The van der Waals surface area contributed by atoms with Gasteiger partial charge in [0.1, 0.15) is 11.5 Å². The molecule has 71 heavy (non-hydrogen) atoms. The van der Waals surface area contributed by atoms with Crippen molar-refractivity contribution in [3.05, 3.63) is 185 Å². The van der Waals surface area contributed by atoms with E-state index < -0.39 is 0 Å². The van der Waals surface area contributed by atoms with Crippen molar-refractivity contribution in [2.45, 2.75) is 119 Å². The molecule has 3 heterocycles. The van der Waals surface area contributed by atoms with Crippen molar-refractivity contribution >= 4 is 88.7 Å². The first kappa shape index (κ1) is 46.8. The molecule has 2 aliphatic heterocycles. The van der Waals surface area contributed by atoms with Crippen molar-refractivity contribution in [2.24, 2.45) is 0 Å². The number of hydrogen-bond donors (Lipinski definition) is 0. The van der Waals surface area contributed by atoms with Crippen LogP contribution in [0.3, 0.4) is 0 Å². The van der Waals surface area contributed by atoms with Gasteiger partial charge in [0, 0.05) is 48.6 Å². The average molecular weight is 947 g/mol. The summed E-state index contributed by atoms with van der Waals surface area (Å²) in [4.78, 5) is 5.08. The van der Waals surface area contributed by atoms with Crippen LogP contribution in [-0.4, -0.2) is 6.71 Å². The zero-order valence-corrected chi connectivity index (χ0v) is 45.0. The van der Waals surface area contributed by atoms with E-state index in [0.717, 1.165) is 45.5 Å². The molecule has 0 aliphatic carbocycles. The molecule has 2 aliphatic rings. The molecule has 0 unspecified atom stereocenters. The number of fused-ring (bicyclic) bond motifs is 7. The van der Waals surface area contributed by atoms with Crippen LogP contribution in [0.25, 0.3) is 31.3 Å². The predicted molar refractivity (Wildman–Crippen MR) is 310 cm³/mol. The Labute approximate surface area is 427 Å². The van der Waals surface area contributed by atoms with Gasteiger partial charge in [0.25, 0.3) is 6.71 Å². The summed E-state index contributed by atoms with van der Waals surface area (Å²) in [6, 6.07) is 58.3. The van der Waals surface area contributed by atoms with E-state index in [9.17, 15) is 0 Å². The largest absolute Gasteiger partial charge is 0.458 e. The Morgan fingerprint density at radius 3 is 1.69 bits per heavy atom. The maximum absolute atomic E-state index is 7.24. The lowest BCUT2D eigenvalue weighted by Gasteiger charge is -2.41. The van der Waals surface area contributed by atoms with Crippen LogP contribution in [-0.2, 0) is 21.7 Å². The van der Waals surface area contributed by atoms with E-state index in [1.807, 2.05) is 11.3 Å². The Balaban J connectivity index is 1.24. The van der Waals surface area contributed by atoms with Crippen LogP contribution in [0.1, 0.15) is 116 Å². The molecule has 1 aromatic heterocycles. The van der Waals surface area contributed by atoms with Crippen LogP contribution in [0.4, 0.5) is 34.1 Å². The van der Waals surface area contributed by atoms with Gasteiger partial charge in [-0.1, -0.05) is 174 Å². The first-order valence-electron chi connectivity index (χ1n) is 25.5. The van der Waals surface area contributed by atoms with E-state index >= 15 is 0 Å². The number of aryl methyl sites for hydroxylation is 2. The Hall–Kier alpha value is -6.56. The van der Waals surface area contributed by atoms with E-state index in [1.165, 1.54) is 81.2 Å². The molecule has 0 atom stereocenters. The summed E-state index contributed by atoms with van der Waals surface area (Å²) in [7, 11) is 0. The molecular weight excluding hydrogens is 880 g/mol. The van der Waals surface area contributed by atoms with Crippen LogP contribution in [0, 0.1) is 13.8 Å². The molecule has 9 aromatic rings. The number of nitrogens with zero attached hydrogens (tertiary/aromatic N) is 2. The zero-order chi connectivity index (χ0) is 50.1. The topological polar surface area (TPSA) is 15.7 Å². The SMILES string of the molecule is Cc1ccc(C)c(-c2cc3c4c(c2)N(c2cc(N(c5ccc(C(C)(C)C)cc5)c5ccc(C(C)(C)C)cc5)c5c(c2)sc2ccccc25)c2ccc(C(C)(C)C)cc2B4c2cc(C(C)(C)C)ccc2O3)c1. The van der Waals surface area contributed by atoms with E-state index in [2.05, 4.69) is 258 Å². The molecule has 0 amide bonds. The lowest BCUT2D eigenvalue weighted by atomic mass is 9.33. The van der Waals surface area contributed by atoms with Crippen molar-refractivity contribution in [3.63, 3.8) is 0 Å². The molecule has 0 spiro atoms. The van der Waals surface area contributed by atoms with Crippen molar-refractivity contribution < 1.29 is 4.74 Å². The third-order valence-corrected chi connectivity index (χ3v) is 16.2. The molecule has 0 N–H and O–H groups in total.